The smallest absolute Gasteiger partial charge is 0.308 e. The molecule has 33 heavy (non-hydrogen) atoms. The second-order valence-electron chi connectivity index (χ2n) is 7.08. The lowest BCUT2D eigenvalue weighted by molar-refractivity contribution is -0.143. The fourth-order valence-corrected chi connectivity index (χ4v) is 4.14. The van der Waals surface area contributed by atoms with E-state index in [-0.39, 0.29) is 29.2 Å². The Morgan fingerprint density at radius 1 is 0.939 bits per heavy atom. The summed E-state index contributed by atoms with van der Waals surface area (Å²) in [4.78, 5) is 24.7. The number of esters is 1. The van der Waals surface area contributed by atoms with Crippen LogP contribution in [0.3, 0.4) is 0 Å². The summed E-state index contributed by atoms with van der Waals surface area (Å²) in [6.45, 7) is 1.95. The van der Waals surface area contributed by atoms with E-state index in [9.17, 15) is 22.4 Å². The number of anilines is 1. The third-order valence-corrected chi connectivity index (χ3v) is 6.10. The lowest BCUT2D eigenvalue weighted by Gasteiger charge is -2.19. The largest absolute Gasteiger partial charge is 0.466 e. The van der Waals surface area contributed by atoms with Gasteiger partial charge in [-0.3, -0.25) is 14.3 Å². The molecular formula is C24H23FN2O5S. The van der Waals surface area contributed by atoms with Gasteiger partial charge in [0, 0.05) is 11.3 Å². The van der Waals surface area contributed by atoms with Crippen LogP contribution in [0.2, 0.25) is 0 Å². The first-order chi connectivity index (χ1) is 15.8. The molecule has 0 radical (unpaired) electrons. The van der Waals surface area contributed by atoms with Crippen LogP contribution >= 0.6 is 0 Å². The van der Waals surface area contributed by atoms with Gasteiger partial charge in [-0.1, -0.05) is 30.3 Å². The minimum absolute atomic E-state index is 0.0286. The summed E-state index contributed by atoms with van der Waals surface area (Å²) in [5, 5.41) is 2.82. The average molecular weight is 471 g/mol. The number of nitrogens with one attached hydrogen (secondary N) is 2. The van der Waals surface area contributed by atoms with Crippen molar-refractivity contribution in [3.63, 3.8) is 0 Å². The molecule has 2 N–H and O–H groups in total. The molecule has 7 nitrogen and oxygen atoms in total. The molecule has 1 amide bonds. The molecule has 0 aliphatic carbocycles. The van der Waals surface area contributed by atoms with Crippen LogP contribution in [-0.4, -0.2) is 26.9 Å². The highest BCUT2D eigenvalue weighted by atomic mass is 32.2. The molecule has 3 rings (SSSR count). The summed E-state index contributed by atoms with van der Waals surface area (Å²) in [6.07, 6.45) is -0.0286. The number of halogens is 1. The quantitative estimate of drug-likeness (QED) is 0.460. The SMILES string of the molecule is CCOC(=O)CC(NC(=O)c1ccc(NS(=O)(=O)c2ccc(F)cc2)cc1)c1ccccc1. The van der Waals surface area contributed by atoms with Gasteiger partial charge < -0.3 is 10.1 Å². The van der Waals surface area contributed by atoms with Gasteiger partial charge in [0.05, 0.1) is 24.0 Å². The van der Waals surface area contributed by atoms with Gasteiger partial charge in [-0.25, -0.2) is 12.8 Å². The molecule has 9 heteroatoms. The summed E-state index contributed by atoms with van der Waals surface area (Å²) >= 11 is 0. The van der Waals surface area contributed by atoms with Crippen molar-refractivity contribution in [1.29, 1.82) is 0 Å². The number of carbonyl (C=O) groups excluding carboxylic acids is 2. The number of hydrogen-bond donors (Lipinski definition) is 2. The van der Waals surface area contributed by atoms with Gasteiger partial charge in [-0.05, 0) is 61.0 Å². The van der Waals surface area contributed by atoms with E-state index in [1.165, 1.54) is 24.3 Å². The maximum atomic E-state index is 13.1. The van der Waals surface area contributed by atoms with E-state index in [0.29, 0.717) is 0 Å². The van der Waals surface area contributed by atoms with E-state index in [1.54, 1.807) is 19.1 Å². The fraction of sp³-hybridized carbons (Fsp3) is 0.167. The van der Waals surface area contributed by atoms with Crippen molar-refractivity contribution in [2.24, 2.45) is 0 Å². The predicted molar refractivity (Wildman–Crippen MR) is 122 cm³/mol. The Morgan fingerprint density at radius 2 is 1.58 bits per heavy atom. The molecule has 0 saturated heterocycles. The molecule has 172 valence electrons. The summed E-state index contributed by atoms with van der Waals surface area (Å²) in [5.41, 5.74) is 1.27. The maximum absolute atomic E-state index is 13.1. The normalized spacial score (nSPS) is 11.9. The molecular weight excluding hydrogens is 447 g/mol. The van der Waals surface area contributed by atoms with Gasteiger partial charge >= 0.3 is 5.97 Å². The number of hydrogen-bond acceptors (Lipinski definition) is 5. The van der Waals surface area contributed by atoms with E-state index in [1.807, 2.05) is 18.2 Å². The molecule has 0 heterocycles. The van der Waals surface area contributed by atoms with E-state index in [2.05, 4.69) is 10.0 Å². The Balaban J connectivity index is 1.71. The van der Waals surface area contributed by atoms with Crippen molar-refractivity contribution in [2.45, 2.75) is 24.3 Å². The van der Waals surface area contributed by atoms with Gasteiger partial charge in [-0.15, -0.1) is 0 Å². The molecule has 1 unspecified atom stereocenters. The number of ether oxygens (including phenoxy) is 1. The first-order valence-electron chi connectivity index (χ1n) is 10.2. The summed E-state index contributed by atoms with van der Waals surface area (Å²) < 4.78 is 45.3. The highest BCUT2D eigenvalue weighted by molar-refractivity contribution is 7.92. The third-order valence-electron chi connectivity index (χ3n) is 4.71. The predicted octanol–water partition coefficient (Wildman–Crippen LogP) is 4.05. The number of benzene rings is 3. The minimum Gasteiger partial charge on any atom is -0.466 e. The second-order valence-corrected chi connectivity index (χ2v) is 8.77. The van der Waals surface area contributed by atoms with Crippen LogP contribution in [0.4, 0.5) is 10.1 Å². The van der Waals surface area contributed by atoms with Crippen molar-refractivity contribution >= 4 is 27.6 Å². The Hall–Kier alpha value is -3.72. The zero-order valence-corrected chi connectivity index (χ0v) is 18.6. The highest BCUT2D eigenvalue weighted by Gasteiger charge is 2.20. The van der Waals surface area contributed by atoms with Crippen LogP contribution in [0.1, 0.15) is 35.3 Å². The number of rotatable bonds is 9. The molecule has 3 aromatic rings. The summed E-state index contributed by atoms with van der Waals surface area (Å²) in [7, 11) is -3.91. The van der Waals surface area contributed by atoms with Crippen molar-refractivity contribution in [3.8, 4) is 0 Å². The van der Waals surface area contributed by atoms with Crippen LogP contribution in [0.15, 0.2) is 83.8 Å². The Labute approximate surface area is 191 Å². The van der Waals surface area contributed by atoms with Gasteiger partial charge in [0.15, 0.2) is 0 Å². The first kappa shape index (κ1) is 23.9. The molecule has 1 atom stereocenters. The topological polar surface area (TPSA) is 102 Å². The fourth-order valence-electron chi connectivity index (χ4n) is 3.08. The van der Waals surface area contributed by atoms with E-state index < -0.39 is 33.8 Å². The van der Waals surface area contributed by atoms with Gasteiger partial charge in [0.2, 0.25) is 0 Å². The van der Waals surface area contributed by atoms with Crippen molar-refractivity contribution in [2.75, 3.05) is 11.3 Å². The molecule has 0 saturated carbocycles. The molecule has 0 bridgehead atoms. The van der Waals surface area contributed by atoms with Crippen LogP contribution < -0.4 is 10.0 Å². The van der Waals surface area contributed by atoms with Gasteiger partial charge in [0.1, 0.15) is 5.82 Å². The molecule has 0 aliphatic rings. The van der Waals surface area contributed by atoms with Crippen LogP contribution in [0, 0.1) is 5.82 Å². The molecule has 0 fully saturated rings. The lowest BCUT2D eigenvalue weighted by atomic mass is 10.0. The van der Waals surface area contributed by atoms with Crippen molar-refractivity contribution < 1.29 is 27.1 Å². The van der Waals surface area contributed by atoms with Gasteiger partial charge in [-0.2, -0.15) is 0 Å². The monoisotopic (exact) mass is 470 g/mol. The highest BCUT2D eigenvalue weighted by Crippen LogP contribution is 2.20. The van der Waals surface area contributed by atoms with E-state index in [0.717, 1.165) is 29.8 Å². The zero-order valence-electron chi connectivity index (χ0n) is 17.8. The second kappa shape index (κ2) is 10.7. The Morgan fingerprint density at radius 3 is 2.18 bits per heavy atom. The van der Waals surface area contributed by atoms with Crippen LogP contribution in [0.5, 0.6) is 0 Å². The van der Waals surface area contributed by atoms with Gasteiger partial charge in [0.25, 0.3) is 15.9 Å². The van der Waals surface area contributed by atoms with Crippen LogP contribution in [0.25, 0.3) is 0 Å². The summed E-state index contributed by atoms with van der Waals surface area (Å²) in [6, 6.07) is 18.7. The molecule has 3 aromatic carbocycles. The number of amides is 1. The molecule has 0 spiro atoms. The standard InChI is InChI=1S/C24H23FN2O5S/c1-2-32-23(28)16-22(17-6-4-3-5-7-17)26-24(29)18-8-12-20(13-9-18)27-33(30,31)21-14-10-19(25)11-15-21/h3-15,22,27H,2,16H2,1H3,(H,26,29). The van der Waals surface area contributed by atoms with Crippen LogP contribution in [-0.2, 0) is 19.6 Å². The maximum Gasteiger partial charge on any atom is 0.308 e. The lowest BCUT2D eigenvalue weighted by Crippen LogP contribution is -2.30. The van der Waals surface area contributed by atoms with E-state index >= 15 is 0 Å². The third kappa shape index (κ3) is 6.63. The number of sulfonamides is 1. The Kier molecular flexibility index (Phi) is 7.78. The molecule has 0 aromatic heterocycles. The first-order valence-corrected chi connectivity index (χ1v) is 11.7. The van der Waals surface area contributed by atoms with E-state index in [4.69, 9.17) is 4.74 Å². The number of carbonyl (C=O) groups is 2. The van der Waals surface area contributed by atoms with Crippen molar-refractivity contribution in [3.05, 3.63) is 95.8 Å². The molecule has 0 aliphatic heterocycles. The zero-order chi connectivity index (χ0) is 23.8. The summed E-state index contributed by atoms with van der Waals surface area (Å²) in [5.74, 6) is -1.40. The van der Waals surface area contributed by atoms with Crippen molar-refractivity contribution in [1.82, 2.24) is 5.32 Å². The minimum atomic E-state index is -3.91. The average Bonchev–Trinajstić information content (AvgIpc) is 2.80. The Bertz CT molecular complexity index is 1200.